The number of rotatable bonds is 5. The van der Waals surface area contributed by atoms with Gasteiger partial charge in [0.05, 0.1) is 49.6 Å². The number of hydrogen-bond acceptors (Lipinski definition) is 6. The molecule has 0 fully saturated rings. The molecule has 0 unspecified atom stereocenters. The van der Waals surface area contributed by atoms with Gasteiger partial charge in [0.1, 0.15) is 0 Å². The molecule has 0 amide bonds. The van der Waals surface area contributed by atoms with Crippen molar-refractivity contribution in [3.63, 3.8) is 0 Å². The first-order chi connectivity index (χ1) is 12.2. The zero-order valence-electron chi connectivity index (χ0n) is 16.7. The zero-order chi connectivity index (χ0) is 19.2. The predicted octanol–water partition coefficient (Wildman–Crippen LogP) is 4.54. The molecular weight excluding hydrogens is 328 g/mol. The van der Waals surface area contributed by atoms with Crippen LogP contribution in [0.4, 0.5) is 0 Å². The molecule has 0 aromatic rings. The maximum Gasteiger partial charge on any atom is 0.0979 e. The topological polar surface area (TPSA) is 67.9 Å². The first-order valence-corrected chi connectivity index (χ1v) is 8.90. The monoisotopic (exact) mass is 358 g/mol. The standard InChI is InChI=1S/C20H30N4O2/c1-19(2)11-15(9-17(13-19)25-5)23-21-7-8-22-24-16-10-18(26-6)14-20(3,4)12-16/h7-10H,11-14H2,1-6H3/b21-7-,22-8-,23-15+,24-16+. The minimum Gasteiger partial charge on any atom is -0.501 e. The van der Waals surface area contributed by atoms with Crippen LogP contribution in [-0.2, 0) is 9.47 Å². The third-order valence-electron chi connectivity index (χ3n) is 4.38. The molecule has 6 nitrogen and oxygen atoms in total. The lowest BCUT2D eigenvalue weighted by Crippen LogP contribution is -2.22. The van der Waals surface area contributed by atoms with Crippen LogP contribution in [0.3, 0.4) is 0 Å². The molecule has 6 heteroatoms. The first-order valence-electron chi connectivity index (χ1n) is 8.90. The summed E-state index contributed by atoms with van der Waals surface area (Å²) in [6.45, 7) is 8.79. The van der Waals surface area contributed by atoms with Crippen LogP contribution in [0.2, 0.25) is 0 Å². The van der Waals surface area contributed by atoms with Crippen LogP contribution in [0.25, 0.3) is 0 Å². The normalized spacial score (nSPS) is 25.6. The number of methoxy groups -OCH3 is 2. The van der Waals surface area contributed by atoms with Crippen molar-refractivity contribution in [2.24, 2.45) is 31.2 Å². The highest BCUT2D eigenvalue weighted by Gasteiger charge is 2.27. The van der Waals surface area contributed by atoms with Crippen LogP contribution in [0.1, 0.15) is 53.4 Å². The molecule has 0 aliphatic heterocycles. The predicted molar refractivity (Wildman–Crippen MR) is 108 cm³/mol. The third kappa shape index (κ3) is 6.24. The average Bonchev–Trinajstić information content (AvgIpc) is 2.55. The molecule has 0 aromatic heterocycles. The van der Waals surface area contributed by atoms with Crippen LogP contribution >= 0.6 is 0 Å². The van der Waals surface area contributed by atoms with Gasteiger partial charge in [0.15, 0.2) is 0 Å². The average molecular weight is 358 g/mol. The summed E-state index contributed by atoms with van der Waals surface area (Å²) in [6.07, 6.45) is 10.6. The van der Waals surface area contributed by atoms with Crippen molar-refractivity contribution in [1.29, 1.82) is 0 Å². The van der Waals surface area contributed by atoms with E-state index in [1.807, 2.05) is 12.2 Å². The van der Waals surface area contributed by atoms with E-state index in [4.69, 9.17) is 9.47 Å². The number of ether oxygens (including phenoxy) is 2. The number of hydrogen-bond donors (Lipinski definition) is 0. The zero-order valence-corrected chi connectivity index (χ0v) is 16.7. The molecule has 0 bridgehead atoms. The molecule has 0 N–H and O–H groups in total. The Morgan fingerprint density at radius 3 is 1.46 bits per heavy atom. The number of allylic oxidation sites excluding steroid dienone is 4. The summed E-state index contributed by atoms with van der Waals surface area (Å²) in [5, 5.41) is 16.7. The van der Waals surface area contributed by atoms with Crippen molar-refractivity contribution in [3.05, 3.63) is 23.7 Å². The molecule has 2 aliphatic rings. The van der Waals surface area contributed by atoms with E-state index in [1.165, 1.54) is 0 Å². The van der Waals surface area contributed by atoms with Crippen molar-refractivity contribution in [1.82, 2.24) is 0 Å². The molecule has 0 spiro atoms. The van der Waals surface area contributed by atoms with E-state index in [0.717, 1.165) is 48.6 Å². The van der Waals surface area contributed by atoms with E-state index in [0.29, 0.717) is 0 Å². The van der Waals surface area contributed by atoms with Gasteiger partial charge in [-0.15, -0.1) is 0 Å². The van der Waals surface area contributed by atoms with Crippen molar-refractivity contribution in [2.75, 3.05) is 14.2 Å². The van der Waals surface area contributed by atoms with Gasteiger partial charge in [0.2, 0.25) is 0 Å². The highest BCUT2D eigenvalue weighted by Crippen LogP contribution is 2.35. The van der Waals surface area contributed by atoms with Crippen LogP contribution in [0, 0.1) is 10.8 Å². The van der Waals surface area contributed by atoms with Crippen molar-refractivity contribution >= 4 is 23.9 Å². The summed E-state index contributed by atoms with van der Waals surface area (Å²) < 4.78 is 10.7. The lowest BCUT2D eigenvalue weighted by atomic mass is 9.79. The van der Waals surface area contributed by atoms with Gasteiger partial charge in [-0.25, -0.2) is 0 Å². The molecular formula is C20H30N4O2. The summed E-state index contributed by atoms with van der Waals surface area (Å²) >= 11 is 0. The maximum atomic E-state index is 5.37. The summed E-state index contributed by atoms with van der Waals surface area (Å²) in [6, 6.07) is 0. The Bertz CT molecular complexity index is 635. The third-order valence-corrected chi connectivity index (χ3v) is 4.38. The van der Waals surface area contributed by atoms with Crippen LogP contribution in [0.5, 0.6) is 0 Å². The van der Waals surface area contributed by atoms with E-state index < -0.39 is 0 Å². The second-order valence-corrected chi connectivity index (χ2v) is 8.38. The minimum absolute atomic E-state index is 0.133. The van der Waals surface area contributed by atoms with Gasteiger partial charge in [0.25, 0.3) is 0 Å². The highest BCUT2D eigenvalue weighted by atomic mass is 16.5. The summed E-state index contributed by atoms with van der Waals surface area (Å²) in [5.74, 6) is 1.88. The maximum absolute atomic E-state index is 5.37. The fraction of sp³-hybridized carbons (Fsp3) is 0.600. The van der Waals surface area contributed by atoms with E-state index in [2.05, 4.69) is 48.1 Å². The Morgan fingerprint density at radius 1 is 0.731 bits per heavy atom. The van der Waals surface area contributed by atoms with Crippen molar-refractivity contribution < 1.29 is 9.47 Å². The molecule has 0 atom stereocenters. The number of nitrogens with zero attached hydrogens (tertiary/aromatic N) is 4. The molecule has 0 aromatic carbocycles. The molecule has 2 rings (SSSR count). The summed E-state index contributed by atoms with van der Waals surface area (Å²) in [5.41, 5.74) is 2.09. The fourth-order valence-corrected chi connectivity index (χ4v) is 3.29. The van der Waals surface area contributed by atoms with Crippen molar-refractivity contribution in [3.8, 4) is 0 Å². The second-order valence-electron chi connectivity index (χ2n) is 8.38. The largest absolute Gasteiger partial charge is 0.501 e. The Labute approximate surface area is 156 Å². The molecule has 0 saturated heterocycles. The Balaban J connectivity index is 2.00. The lowest BCUT2D eigenvalue weighted by Gasteiger charge is -2.29. The van der Waals surface area contributed by atoms with Crippen LogP contribution in [-0.4, -0.2) is 38.1 Å². The van der Waals surface area contributed by atoms with Gasteiger partial charge in [-0.3, -0.25) is 0 Å². The van der Waals surface area contributed by atoms with Gasteiger partial charge in [-0.1, -0.05) is 27.7 Å². The van der Waals surface area contributed by atoms with Crippen molar-refractivity contribution in [2.45, 2.75) is 53.4 Å². The molecule has 0 saturated carbocycles. The Morgan fingerprint density at radius 2 is 1.12 bits per heavy atom. The van der Waals surface area contributed by atoms with E-state index in [9.17, 15) is 0 Å². The first kappa shape index (κ1) is 20.1. The van der Waals surface area contributed by atoms with E-state index in [-0.39, 0.29) is 10.8 Å². The van der Waals surface area contributed by atoms with Gasteiger partial charge in [-0.05, 0) is 35.8 Å². The Kier molecular flexibility index (Phi) is 6.51. The Hall–Kier alpha value is -2.24. The molecule has 142 valence electrons. The smallest absolute Gasteiger partial charge is 0.0979 e. The van der Waals surface area contributed by atoms with E-state index >= 15 is 0 Å². The van der Waals surface area contributed by atoms with Gasteiger partial charge < -0.3 is 9.47 Å². The summed E-state index contributed by atoms with van der Waals surface area (Å²) in [4.78, 5) is 0. The lowest BCUT2D eigenvalue weighted by molar-refractivity contribution is 0.225. The minimum atomic E-state index is 0.133. The van der Waals surface area contributed by atoms with Gasteiger partial charge >= 0.3 is 0 Å². The highest BCUT2D eigenvalue weighted by molar-refractivity contribution is 6.16. The molecule has 0 heterocycles. The van der Waals surface area contributed by atoms with Crippen LogP contribution < -0.4 is 0 Å². The van der Waals surface area contributed by atoms with E-state index in [1.54, 1.807) is 26.6 Å². The fourth-order valence-electron chi connectivity index (χ4n) is 3.29. The quantitative estimate of drug-likeness (QED) is 0.535. The molecule has 0 radical (unpaired) electrons. The molecule has 26 heavy (non-hydrogen) atoms. The van der Waals surface area contributed by atoms with Gasteiger partial charge in [-0.2, -0.15) is 20.4 Å². The molecule has 2 aliphatic carbocycles. The second kappa shape index (κ2) is 8.43. The SMILES string of the molecule is COC1=C\C(=N/N=C\C=N/N=C2\C=C(OC)CC(C)(C)C2)CC(C)(C)C1. The van der Waals surface area contributed by atoms with Crippen LogP contribution in [0.15, 0.2) is 44.1 Å². The van der Waals surface area contributed by atoms with Gasteiger partial charge in [0, 0.05) is 12.8 Å². The summed E-state index contributed by atoms with van der Waals surface area (Å²) in [7, 11) is 3.38.